The Morgan fingerprint density at radius 1 is 1.43 bits per heavy atom. The summed E-state index contributed by atoms with van der Waals surface area (Å²) in [5.41, 5.74) is 0. The number of amides is 1. The summed E-state index contributed by atoms with van der Waals surface area (Å²) in [7, 11) is -3.81. The molecule has 6 nitrogen and oxygen atoms in total. The molecule has 0 heterocycles. The van der Waals surface area contributed by atoms with E-state index in [1.807, 2.05) is 0 Å². The largest absolute Gasteiger partial charge is 0.482 e. The molecule has 118 valence electrons. The monoisotopic (exact) mass is 334 g/mol. The Morgan fingerprint density at radius 3 is 2.62 bits per heavy atom. The standard InChI is InChI=1S/C13H19ClN2O4S/c1-9(2)5-6-16-13(17)8-20-12-4-3-10(7-11(12)14)21(15,18)19/h3-4,7,9H,5-6,8H2,1-2H3,(H,16,17)(H2,15,18,19). The fourth-order valence-corrected chi connectivity index (χ4v) is 2.31. The smallest absolute Gasteiger partial charge is 0.257 e. The first-order valence-corrected chi connectivity index (χ1v) is 8.34. The molecule has 1 amide bonds. The van der Waals surface area contributed by atoms with Gasteiger partial charge in [-0.15, -0.1) is 0 Å². The van der Waals surface area contributed by atoms with Crippen molar-refractivity contribution in [3.63, 3.8) is 0 Å². The van der Waals surface area contributed by atoms with Gasteiger partial charge in [0.1, 0.15) is 5.75 Å². The third kappa shape index (κ3) is 6.33. The Kier molecular flexibility index (Phi) is 6.44. The summed E-state index contributed by atoms with van der Waals surface area (Å²) in [4.78, 5) is 11.4. The first-order valence-electron chi connectivity index (χ1n) is 6.42. The molecule has 0 saturated heterocycles. The van der Waals surface area contributed by atoms with Gasteiger partial charge in [-0.2, -0.15) is 0 Å². The lowest BCUT2D eigenvalue weighted by molar-refractivity contribution is -0.123. The summed E-state index contributed by atoms with van der Waals surface area (Å²) in [5.74, 6) is 0.469. The molecular weight excluding hydrogens is 316 g/mol. The van der Waals surface area contributed by atoms with Crippen LogP contribution >= 0.6 is 11.6 Å². The number of benzene rings is 1. The third-order valence-corrected chi connectivity index (χ3v) is 3.84. The minimum absolute atomic E-state index is 0.0801. The van der Waals surface area contributed by atoms with E-state index in [0.29, 0.717) is 12.5 Å². The van der Waals surface area contributed by atoms with Crippen LogP contribution in [0.25, 0.3) is 0 Å². The zero-order valence-electron chi connectivity index (χ0n) is 11.9. The van der Waals surface area contributed by atoms with E-state index >= 15 is 0 Å². The van der Waals surface area contributed by atoms with Crippen LogP contribution in [0.3, 0.4) is 0 Å². The van der Waals surface area contributed by atoms with Crippen molar-refractivity contribution in [3.8, 4) is 5.75 Å². The van der Waals surface area contributed by atoms with Crippen molar-refractivity contribution >= 4 is 27.5 Å². The van der Waals surface area contributed by atoms with E-state index in [-0.39, 0.29) is 28.2 Å². The molecule has 1 aromatic rings. The second-order valence-corrected chi connectivity index (χ2v) is 6.93. The van der Waals surface area contributed by atoms with Crippen molar-refractivity contribution in [2.24, 2.45) is 11.1 Å². The predicted molar refractivity (Wildman–Crippen MR) is 80.8 cm³/mol. The number of nitrogens with one attached hydrogen (secondary N) is 1. The number of nitrogens with two attached hydrogens (primary N) is 1. The molecule has 0 aromatic heterocycles. The van der Waals surface area contributed by atoms with Crippen molar-refractivity contribution < 1.29 is 17.9 Å². The maximum absolute atomic E-state index is 11.5. The van der Waals surface area contributed by atoms with Crippen LogP contribution in [0.4, 0.5) is 0 Å². The minimum Gasteiger partial charge on any atom is -0.482 e. The van der Waals surface area contributed by atoms with Gasteiger partial charge < -0.3 is 10.1 Å². The Balaban J connectivity index is 2.54. The zero-order valence-corrected chi connectivity index (χ0v) is 13.5. The highest BCUT2D eigenvalue weighted by molar-refractivity contribution is 7.89. The molecule has 0 unspecified atom stereocenters. The molecule has 1 rings (SSSR count). The number of primary sulfonamides is 1. The maximum Gasteiger partial charge on any atom is 0.257 e. The summed E-state index contributed by atoms with van der Waals surface area (Å²) < 4.78 is 27.5. The van der Waals surface area contributed by atoms with Crippen LogP contribution in [-0.4, -0.2) is 27.5 Å². The molecule has 0 saturated carbocycles. The molecule has 21 heavy (non-hydrogen) atoms. The molecule has 1 aromatic carbocycles. The first kappa shape index (κ1) is 17.7. The molecular formula is C13H19ClN2O4S. The average Bonchev–Trinajstić information content (AvgIpc) is 2.35. The molecule has 0 aliphatic heterocycles. The number of ether oxygens (including phenoxy) is 1. The highest BCUT2D eigenvalue weighted by Gasteiger charge is 2.12. The van der Waals surface area contributed by atoms with E-state index in [1.54, 1.807) is 0 Å². The lowest BCUT2D eigenvalue weighted by Gasteiger charge is -2.10. The van der Waals surface area contributed by atoms with Crippen LogP contribution in [0.5, 0.6) is 5.75 Å². The molecule has 0 fully saturated rings. The van der Waals surface area contributed by atoms with Crippen molar-refractivity contribution in [2.75, 3.05) is 13.2 Å². The molecule has 3 N–H and O–H groups in total. The Morgan fingerprint density at radius 2 is 2.10 bits per heavy atom. The van der Waals surface area contributed by atoms with E-state index in [9.17, 15) is 13.2 Å². The van der Waals surface area contributed by atoms with E-state index in [2.05, 4.69) is 19.2 Å². The number of carbonyl (C=O) groups is 1. The van der Waals surface area contributed by atoms with E-state index in [4.69, 9.17) is 21.5 Å². The number of hydrogen-bond acceptors (Lipinski definition) is 4. The molecule has 0 spiro atoms. The average molecular weight is 335 g/mol. The van der Waals surface area contributed by atoms with Crippen molar-refractivity contribution in [2.45, 2.75) is 25.2 Å². The topological polar surface area (TPSA) is 98.5 Å². The van der Waals surface area contributed by atoms with Gasteiger partial charge in [0.2, 0.25) is 10.0 Å². The molecule has 0 radical (unpaired) electrons. The molecule has 0 atom stereocenters. The van der Waals surface area contributed by atoms with Gasteiger partial charge in [-0.05, 0) is 30.5 Å². The number of rotatable bonds is 7. The van der Waals surface area contributed by atoms with Crippen LogP contribution in [0.15, 0.2) is 23.1 Å². The van der Waals surface area contributed by atoms with Gasteiger partial charge in [-0.3, -0.25) is 4.79 Å². The summed E-state index contributed by atoms with van der Waals surface area (Å²) in [6.07, 6.45) is 0.884. The van der Waals surface area contributed by atoms with Gasteiger partial charge >= 0.3 is 0 Å². The van der Waals surface area contributed by atoms with Gasteiger partial charge in [0.05, 0.1) is 9.92 Å². The first-order chi connectivity index (χ1) is 9.70. The maximum atomic E-state index is 11.5. The van der Waals surface area contributed by atoms with Gasteiger partial charge in [0.25, 0.3) is 5.91 Å². The van der Waals surface area contributed by atoms with Gasteiger partial charge in [-0.25, -0.2) is 13.6 Å². The predicted octanol–water partition coefficient (Wildman–Crippen LogP) is 1.53. The van der Waals surface area contributed by atoms with Gasteiger partial charge in [0, 0.05) is 6.54 Å². The fraction of sp³-hybridized carbons (Fsp3) is 0.462. The van der Waals surface area contributed by atoms with Crippen LogP contribution in [-0.2, 0) is 14.8 Å². The lowest BCUT2D eigenvalue weighted by atomic mass is 10.1. The van der Waals surface area contributed by atoms with Crippen molar-refractivity contribution in [1.29, 1.82) is 0 Å². The molecule has 0 aliphatic rings. The van der Waals surface area contributed by atoms with Crippen LogP contribution in [0.1, 0.15) is 20.3 Å². The Labute approximate surface area is 129 Å². The lowest BCUT2D eigenvalue weighted by Crippen LogP contribution is -2.30. The second kappa shape index (κ2) is 7.63. The number of hydrogen-bond donors (Lipinski definition) is 2. The SMILES string of the molecule is CC(C)CCNC(=O)COc1ccc(S(N)(=O)=O)cc1Cl. The molecule has 8 heteroatoms. The second-order valence-electron chi connectivity index (χ2n) is 4.96. The highest BCUT2D eigenvalue weighted by atomic mass is 35.5. The van der Waals surface area contributed by atoms with E-state index < -0.39 is 10.0 Å². The van der Waals surface area contributed by atoms with Gasteiger partial charge in [-0.1, -0.05) is 25.4 Å². The van der Waals surface area contributed by atoms with Crippen LogP contribution < -0.4 is 15.2 Å². The zero-order chi connectivity index (χ0) is 16.0. The third-order valence-electron chi connectivity index (χ3n) is 2.63. The summed E-state index contributed by atoms with van der Waals surface area (Å²) in [5, 5.41) is 7.78. The van der Waals surface area contributed by atoms with Crippen molar-refractivity contribution in [1.82, 2.24) is 5.32 Å². The number of carbonyl (C=O) groups excluding carboxylic acids is 1. The molecule has 0 bridgehead atoms. The van der Waals surface area contributed by atoms with E-state index in [1.165, 1.54) is 18.2 Å². The highest BCUT2D eigenvalue weighted by Crippen LogP contribution is 2.26. The minimum atomic E-state index is -3.81. The molecule has 0 aliphatic carbocycles. The summed E-state index contributed by atoms with van der Waals surface area (Å²) in [6, 6.07) is 3.82. The van der Waals surface area contributed by atoms with Crippen LogP contribution in [0.2, 0.25) is 5.02 Å². The number of halogens is 1. The normalized spacial score (nSPS) is 11.5. The van der Waals surface area contributed by atoms with Crippen LogP contribution in [0, 0.1) is 5.92 Å². The van der Waals surface area contributed by atoms with Gasteiger partial charge in [0.15, 0.2) is 6.61 Å². The Hall–Kier alpha value is -1.31. The van der Waals surface area contributed by atoms with Crippen molar-refractivity contribution in [3.05, 3.63) is 23.2 Å². The fourth-order valence-electron chi connectivity index (χ4n) is 1.47. The Bertz CT molecular complexity index is 602. The van der Waals surface area contributed by atoms with E-state index in [0.717, 1.165) is 6.42 Å². The summed E-state index contributed by atoms with van der Waals surface area (Å²) >= 11 is 5.89. The number of sulfonamides is 1. The quantitative estimate of drug-likeness (QED) is 0.790. The summed E-state index contributed by atoms with van der Waals surface area (Å²) in [6.45, 7) is 4.52.